The van der Waals surface area contributed by atoms with E-state index < -0.39 is 11.2 Å². The number of hydrogen-bond donors (Lipinski definition) is 3. The zero-order valence-corrected chi connectivity index (χ0v) is 10.5. The second kappa shape index (κ2) is 5.97. The maximum atomic E-state index is 11.3. The summed E-state index contributed by atoms with van der Waals surface area (Å²) in [5, 5.41) is 17.6. The van der Waals surface area contributed by atoms with E-state index in [0.29, 0.717) is 9.14 Å². The van der Waals surface area contributed by atoms with Crippen molar-refractivity contribution in [3.63, 3.8) is 0 Å². The number of hydrogen-bond acceptors (Lipinski definition) is 4. The molecule has 1 aromatic rings. The lowest BCUT2D eigenvalue weighted by atomic mass is 10.3. The molecule has 1 rings (SSSR count). The maximum absolute atomic E-state index is 11.3. The molecule has 0 saturated carbocycles. The summed E-state index contributed by atoms with van der Waals surface area (Å²) in [6.07, 6.45) is 2.96. The van der Waals surface area contributed by atoms with E-state index in [1.165, 1.54) is 16.8 Å². The number of aromatic nitrogens is 2. The van der Waals surface area contributed by atoms with Crippen LogP contribution >= 0.6 is 22.6 Å². The number of allylic oxidation sites excluding steroid dienone is 1. The molecule has 3 N–H and O–H groups in total. The number of aliphatic hydroxyl groups is 2. The van der Waals surface area contributed by atoms with Crippen molar-refractivity contribution < 1.29 is 10.2 Å². The van der Waals surface area contributed by atoms with Crippen molar-refractivity contribution in [3.8, 4) is 0 Å². The third-order valence-electron chi connectivity index (χ3n) is 1.95. The van der Waals surface area contributed by atoms with Crippen LogP contribution in [0.4, 0.5) is 0 Å². The highest BCUT2D eigenvalue weighted by Crippen LogP contribution is 1.95. The van der Waals surface area contributed by atoms with Crippen LogP contribution in [0, 0.1) is 3.57 Å². The summed E-state index contributed by atoms with van der Waals surface area (Å²) >= 11 is 1.82. The molecular formula is C9H11IN2O4. The molecule has 1 heterocycles. The monoisotopic (exact) mass is 338 g/mol. The van der Waals surface area contributed by atoms with Crippen LogP contribution < -0.4 is 11.2 Å². The number of halogens is 1. The van der Waals surface area contributed by atoms with E-state index >= 15 is 0 Å². The lowest BCUT2D eigenvalue weighted by molar-refractivity contribution is 0.275. The Hall–Kier alpha value is -0.930. The van der Waals surface area contributed by atoms with Gasteiger partial charge in [-0.25, -0.2) is 4.79 Å². The van der Waals surface area contributed by atoms with Crippen LogP contribution in [0.25, 0.3) is 0 Å². The summed E-state index contributed by atoms with van der Waals surface area (Å²) in [7, 11) is 0. The molecule has 0 bridgehead atoms. The first-order chi connectivity index (χ1) is 7.58. The Bertz CT molecular complexity index is 497. The Balaban J connectivity index is 2.99. The minimum Gasteiger partial charge on any atom is -0.392 e. The Morgan fingerprint density at radius 1 is 1.44 bits per heavy atom. The van der Waals surface area contributed by atoms with Gasteiger partial charge in [0, 0.05) is 12.7 Å². The number of H-pyrrole nitrogens is 1. The molecule has 0 aromatic carbocycles. The average molecular weight is 338 g/mol. The third kappa shape index (κ3) is 3.29. The summed E-state index contributed by atoms with van der Waals surface area (Å²) in [5.74, 6) is 0. The van der Waals surface area contributed by atoms with Gasteiger partial charge in [-0.15, -0.1) is 0 Å². The predicted molar refractivity (Wildman–Crippen MR) is 66.3 cm³/mol. The molecule has 0 aliphatic rings. The molecule has 0 spiro atoms. The molecule has 16 heavy (non-hydrogen) atoms. The van der Waals surface area contributed by atoms with Gasteiger partial charge >= 0.3 is 5.69 Å². The highest BCUT2D eigenvalue weighted by Gasteiger charge is 2.00. The predicted octanol–water partition coefficient (Wildman–Crippen LogP) is -0.948. The molecule has 88 valence electrons. The van der Waals surface area contributed by atoms with Crippen LogP contribution in [0.1, 0.15) is 0 Å². The van der Waals surface area contributed by atoms with Crippen LogP contribution in [0.3, 0.4) is 0 Å². The highest BCUT2D eigenvalue weighted by molar-refractivity contribution is 14.1. The van der Waals surface area contributed by atoms with Gasteiger partial charge in [-0.3, -0.25) is 14.3 Å². The minimum absolute atomic E-state index is 0.196. The minimum atomic E-state index is -0.517. The van der Waals surface area contributed by atoms with E-state index in [9.17, 15) is 9.59 Å². The number of nitrogens with zero attached hydrogens (tertiary/aromatic N) is 1. The average Bonchev–Trinajstić information content (AvgIpc) is 2.26. The van der Waals surface area contributed by atoms with Crippen LogP contribution in [-0.4, -0.2) is 33.0 Å². The van der Waals surface area contributed by atoms with Crippen LogP contribution in [-0.2, 0) is 6.54 Å². The first-order valence-electron chi connectivity index (χ1n) is 4.47. The summed E-state index contributed by atoms with van der Waals surface area (Å²) < 4.78 is 1.69. The van der Waals surface area contributed by atoms with Gasteiger partial charge in [-0.1, -0.05) is 6.08 Å². The van der Waals surface area contributed by atoms with E-state index in [2.05, 4.69) is 4.98 Å². The van der Waals surface area contributed by atoms with Gasteiger partial charge in [0.05, 0.1) is 16.8 Å². The number of rotatable bonds is 4. The van der Waals surface area contributed by atoms with Gasteiger partial charge in [0.15, 0.2) is 0 Å². The second-order valence-corrected chi connectivity index (χ2v) is 4.23. The normalized spacial score (nSPS) is 10.2. The zero-order valence-electron chi connectivity index (χ0n) is 8.31. The molecule has 0 aliphatic heterocycles. The smallest absolute Gasteiger partial charge is 0.328 e. The number of aliphatic hydroxyl groups excluding tert-OH is 2. The van der Waals surface area contributed by atoms with Crippen LogP contribution in [0.15, 0.2) is 27.4 Å². The molecule has 0 fully saturated rings. The van der Waals surface area contributed by atoms with Crippen molar-refractivity contribution in [2.75, 3.05) is 13.2 Å². The van der Waals surface area contributed by atoms with Crippen LogP contribution in [0.2, 0.25) is 0 Å². The Morgan fingerprint density at radius 3 is 2.62 bits per heavy atom. The van der Waals surface area contributed by atoms with Gasteiger partial charge in [0.25, 0.3) is 5.56 Å². The molecule has 0 radical (unpaired) electrons. The molecular weight excluding hydrogens is 327 g/mol. The van der Waals surface area contributed by atoms with Gasteiger partial charge in [-0.2, -0.15) is 0 Å². The zero-order chi connectivity index (χ0) is 12.1. The standard InChI is InChI=1S/C9H11IN2O4/c10-7-3-12(9(16)11-8(7)15)2-1-6(4-13)5-14/h1,3,13-14H,2,4-5H2,(H,11,15,16). The summed E-state index contributed by atoms with van der Waals surface area (Å²) in [6.45, 7) is -0.320. The van der Waals surface area contributed by atoms with Crippen molar-refractivity contribution in [1.82, 2.24) is 9.55 Å². The number of nitrogens with one attached hydrogen (secondary N) is 1. The maximum Gasteiger partial charge on any atom is 0.328 e. The van der Waals surface area contributed by atoms with Gasteiger partial charge in [0.1, 0.15) is 0 Å². The second-order valence-electron chi connectivity index (χ2n) is 3.07. The van der Waals surface area contributed by atoms with Crippen molar-refractivity contribution in [2.24, 2.45) is 0 Å². The fourth-order valence-electron chi connectivity index (χ4n) is 1.02. The van der Waals surface area contributed by atoms with E-state index in [0.717, 1.165) is 0 Å². The largest absolute Gasteiger partial charge is 0.392 e. The van der Waals surface area contributed by atoms with Crippen molar-refractivity contribution >= 4 is 22.6 Å². The first-order valence-corrected chi connectivity index (χ1v) is 5.55. The van der Waals surface area contributed by atoms with Crippen molar-refractivity contribution in [3.05, 3.63) is 42.3 Å². The van der Waals surface area contributed by atoms with Gasteiger partial charge in [-0.05, 0) is 28.2 Å². The lowest BCUT2D eigenvalue weighted by Gasteiger charge is -2.03. The summed E-state index contributed by atoms with van der Waals surface area (Å²) in [4.78, 5) is 24.6. The first kappa shape index (κ1) is 13.1. The van der Waals surface area contributed by atoms with E-state index in [4.69, 9.17) is 10.2 Å². The van der Waals surface area contributed by atoms with Gasteiger partial charge in [0.2, 0.25) is 0 Å². The Morgan fingerprint density at radius 2 is 2.06 bits per heavy atom. The molecule has 1 aromatic heterocycles. The van der Waals surface area contributed by atoms with E-state index in [-0.39, 0.29) is 19.8 Å². The van der Waals surface area contributed by atoms with Crippen molar-refractivity contribution in [2.45, 2.75) is 6.54 Å². The SMILES string of the molecule is O=c1[nH]c(=O)n(CC=C(CO)CO)cc1I. The van der Waals surface area contributed by atoms with E-state index in [1.807, 2.05) is 22.6 Å². The summed E-state index contributed by atoms with van der Waals surface area (Å²) in [5.41, 5.74) is -0.514. The fraction of sp³-hybridized carbons (Fsp3) is 0.333. The molecule has 0 amide bonds. The van der Waals surface area contributed by atoms with Gasteiger partial charge < -0.3 is 10.2 Å². The van der Waals surface area contributed by atoms with E-state index in [1.54, 1.807) is 0 Å². The van der Waals surface area contributed by atoms with Crippen molar-refractivity contribution in [1.29, 1.82) is 0 Å². The Kier molecular flexibility index (Phi) is 4.90. The molecule has 0 atom stereocenters. The molecule has 0 unspecified atom stereocenters. The topological polar surface area (TPSA) is 95.3 Å². The highest BCUT2D eigenvalue weighted by atomic mass is 127. The molecule has 7 heteroatoms. The molecule has 0 saturated heterocycles. The van der Waals surface area contributed by atoms with Crippen LogP contribution in [0.5, 0.6) is 0 Å². The number of aromatic amines is 1. The third-order valence-corrected chi connectivity index (χ3v) is 2.72. The molecule has 0 aliphatic carbocycles. The Labute approximate surface area is 104 Å². The lowest BCUT2D eigenvalue weighted by Crippen LogP contribution is -2.30. The molecule has 6 nitrogen and oxygen atoms in total. The fourth-order valence-corrected chi connectivity index (χ4v) is 1.50. The summed E-state index contributed by atoms with van der Waals surface area (Å²) in [6, 6.07) is 0. The quantitative estimate of drug-likeness (QED) is 0.487.